The number of amides is 1. The number of nitrogens with zero attached hydrogens (tertiary/aromatic N) is 1. The van der Waals surface area contributed by atoms with Gasteiger partial charge in [-0.25, -0.2) is 0 Å². The average molecular weight is 271 g/mol. The monoisotopic (exact) mass is 271 g/mol. The molecule has 1 fully saturated rings. The first-order chi connectivity index (χ1) is 9.40. The number of fused-ring (bicyclic) bond motifs is 1. The maximum absolute atomic E-state index is 12.7. The molecule has 0 radical (unpaired) electrons. The Morgan fingerprint density at radius 1 is 1.35 bits per heavy atom. The molecule has 1 amide bonds. The van der Waals surface area contributed by atoms with Gasteiger partial charge in [-0.15, -0.1) is 0 Å². The first-order valence-corrected chi connectivity index (χ1v) is 7.34. The molecule has 1 aliphatic carbocycles. The number of carbonyl (C=O) groups excluding carboxylic acids is 2. The number of carbonyl (C=O) groups is 2. The van der Waals surface area contributed by atoms with Gasteiger partial charge in [-0.2, -0.15) is 0 Å². The lowest BCUT2D eigenvalue weighted by Gasteiger charge is -2.25. The molecular formula is C17H21NO2. The van der Waals surface area contributed by atoms with Gasteiger partial charge in [0.25, 0.3) is 0 Å². The van der Waals surface area contributed by atoms with Crippen LogP contribution in [-0.4, -0.2) is 18.7 Å². The lowest BCUT2D eigenvalue weighted by molar-refractivity contribution is -0.117. The van der Waals surface area contributed by atoms with Gasteiger partial charge >= 0.3 is 0 Å². The summed E-state index contributed by atoms with van der Waals surface area (Å²) in [7, 11) is 1.79. The summed E-state index contributed by atoms with van der Waals surface area (Å²) in [6, 6.07) is 5.72. The van der Waals surface area contributed by atoms with Crippen LogP contribution in [-0.2, 0) is 11.2 Å². The highest BCUT2D eigenvalue weighted by atomic mass is 16.2. The number of Topliss-reactive ketones (excluding diaryl/α,β-unsaturated/α-hetero) is 1. The van der Waals surface area contributed by atoms with Crippen molar-refractivity contribution in [2.75, 3.05) is 11.9 Å². The third kappa shape index (κ3) is 1.96. The Morgan fingerprint density at radius 2 is 2.10 bits per heavy atom. The molecule has 1 aromatic carbocycles. The minimum atomic E-state index is 0.0999. The maximum atomic E-state index is 12.7. The standard InChI is InChI=1S/C17H21NO2/c1-17(2)8-4-5-13(17)16(20)11-6-7-14-12(9-11)10-15(19)18(14)3/h6-7,9,13H,4-5,8,10H2,1-3H3. The van der Waals surface area contributed by atoms with Crippen LogP contribution in [0.3, 0.4) is 0 Å². The van der Waals surface area contributed by atoms with Crippen molar-refractivity contribution in [2.45, 2.75) is 39.5 Å². The molecule has 3 nitrogen and oxygen atoms in total. The van der Waals surface area contributed by atoms with Gasteiger partial charge in [0.15, 0.2) is 5.78 Å². The number of hydrogen-bond acceptors (Lipinski definition) is 2. The van der Waals surface area contributed by atoms with Gasteiger partial charge in [-0.1, -0.05) is 20.3 Å². The third-order valence-corrected chi connectivity index (χ3v) is 5.01. The second-order valence-electron chi connectivity index (χ2n) is 6.77. The highest BCUT2D eigenvalue weighted by molar-refractivity contribution is 6.04. The van der Waals surface area contributed by atoms with Crippen molar-refractivity contribution in [1.29, 1.82) is 0 Å². The van der Waals surface area contributed by atoms with Gasteiger partial charge in [0.1, 0.15) is 0 Å². The summed E-state index contributed by atoms with van der Waals surface area (Å²) in [5.41, 5.74) is 2.80. The minimum Gasteiger partial charge on any atom is -0.315 e. The summed E-state index contributed by atoms with van der Waals surface area (Å²) in [5.74, 6) is 0.471. The van der Waals surface area contributed by atoms with Gasteiger partial charge in [0, 0.05) is 24.2 Å². The summed E-state index contributed by atoms with van der Waals surface area (Å²) in [6.45, 7) is 4.38. The smallest absolute Gasteiger partial charge is 0.231 e. The summed E-state index contributed by atoms with van der Waals surface area (Å²) >= 11 is 0. The van der Waals surface area contributed by atoms with E-state index in [4.69, 9.17) is 0 Å². The molecule has 0 bridgehead atoms. The molecule has 1 unspecified atom stereocenters. The zero-order valence-corrected chi connectivity index (χ0v) is 12.4. The van der Waals surface area contributed by atoms with E-state index in [0.29, 0.717) is 6.42 Å². The van der Waals surface area contributed by atoms with E-state index in [9.17, 15) is 9.59 Å². The van der Waals surface area contributed by atoms with Gasteiger partial charge in [0.05, 0.1) is 6.42 Å². The van der Waals surface area contributed by atoms with Crippen molar-refractivity contribution in [2.24, 2.45) is 11.3 Å². The predicted molar refractivity (Wildman–Crippen MR) is 79.0 cm³/mol. The molecule has 0 aromatic heterocycles. The number of rotatable bonds is 2. The van der Waals surface area contributed by atoms with E-state index in [1.807, 2.05) is 18.2 Å². The van der Waals surface area contributed by atoms with E-state index in [-0.39, 0.29) is 23.0 Å². The SMILES string of the molecule is CN1C(=O)Cc2cc(C(=O)C3CCCC3(C)C)ccc21. The lowest BCUT2D eigenvalue weighted by atomic mass is 9.77. The van der Waals surface area contributed by atoms with Crippen LogP contribution in [0.4, 0.5) is 5.69 Å². The van der Waals surface area contributed by atoms with Gasteiger partial charge in [0.2, 0.25) is 5.91 Å². The van der Waals surface area contributed by atoms with Crippen molar-refractivity contribution >= 4 is 17.4 Å². The summed E-state index contributed by atoms with van der Waals surface area (Å²) < 4.78 is 0. The van der Waals surface area contributed by atoms with E-state index in [1.54, 1.807) is 11.9 Å². The van der Waals surface area contributed by atoms with Crippen molar-refractivity contribution in [1.82, 2.24) is 0 Å². The molecular weight excluding hydrogens is 250 g/mol. The largest absolute Gasteiger partial charge is 0.315 e. The molecule has 3 rings (SSSR count). The number of benzene rings is 1. The topological polar surface area (TPSA) is 37.4 Å². The van der Waals surface area contributed by atoms with E-state index < -0.39 is 0 Å². The molecule has 3 heteroatoms. The molecule has 20 heavy (non-hydrogen) atoms. The van der Waals surface area contributed by atoms with Crippen molar-refractivity contribution in [3.05, 3.63) is 29.3 Å². The van der Waals surface area contributed by atoms with Crippen molar-refractivity contribution in [3.8, 4) is 0 Å². The molecule has 2 aliphatic rings. The second kappa shape index (κ2) is 4.44. The number of anilines is 1. The van der Waals surface area contributed by atoms with Crippen LogP contribution < -0.4 is 4.90 Å². The zero-order chi connectivity index (χ0) is 14.5. The van der Waals surface area contributed by atoms with E-state index in [1.165, 1.54) is 0 Å². The molecule has 0 saturated heterocycles. The van der Waals surface area contributed by atoms with Gasteiger partial charge in [-0.3, -0.25) is 9.59 Å². The van der Waals surface area contributed by atoms with Crippen LogP contribution in [0, 0.1) is 11.3 Å². The predicted octanol–water partition coefficient (Wildman–Crippen LogP) is 3.21. The summed E-state index contributed by atoms with van der Waals surface area (Å²) in [6.07, 6.45) is 3.66. The Morgan fingerprint density at radius 3 is 2.75 bits per heavy atom. The van der Waals surface area contributed by atoms with Crippen molar-refractivity contribution in [3.63, 3.8) is 0 Å². The van der Waals surface area contributed by atoms with Crippen LogP contribution in [0.5, 0.6) is 0 Å². The fourth-order valence-corrected chi connectivity index (χ4v) is 3.64. The van der Waals surface area contributed by atoms with E-state index in [2.05, 4.69) is 13.8 Å². The van der Waals surface area contributed by atoms with Crippen LogP contribution in [0.2, 0.25) is 0 Å². The van der Waals surface area contributed by atoms with Gasteiger partial charge < -0.3 is 4.90 Å². The Hall–Kier alpha value is -1.64. The maximum Gasteiger partial charge on any atom is 0.231 e. The second-order valence-corrected chi connectivity index (χ2v) is 6.77. The Kier molecular flexibility index (Phi) is 2.96. The number of likely N-dealkylation sites (N-methyl/N-ethyl adjacent to an activating group) is 1. The summed E-state index contributed by atoms with van der Waals surface area (Å²) in [4.78, 5) is 26.1. The Bertz CT molecular complexity index is 589. The molecule has 1 saturated carbocycles. The Balaban J connectivity index is 1.91. The first-order valence-electron chi connectivity index (χ1n) is 7.34. The molecule has 1 aromatic rings. The van der Waals surface area contributed by atoms with Crippen LogP contribution in [0.15, 0.2) is 18.2 Å². The number of ketones is 1. The zero-order valence-electron chi connectivity index (χ0n) is 12.4. The van der Waals surface area contributed by atoms with Gasteiger partial charge in [-0.05, 0) is 42.0 Å². The van der Waals surface area contributed by atoms with Crippen LogP contribution in [0.1, 0.15) is 49.0 Å². The van der Waals surface area contributed by atoms with Crippen LogP contribution >= 0.6 is 0 Å². The quantitative estimate of drug-likeness (QED) is 0.774. The molecule has 106 valence electrons. The fraction of sp³-hybridized carbons (Fsp3) is 0.529. The number of hydrogen-bond donors (Lipinski definition) is 0. The first kappa shape index (κ1) is 13.3. The van der Waals surface area contributed by atoms with E-state index >= 15 is 0 Å². The molecule has 0 N–H and O–H groups in total. The van der Waals surface area contributed by atoms with Crippen LogP contribution in [0.25, 0.3) is 0 Å². The highest BCUT2D eigenvalue weighted by Gasteiger charge is 2.39. The Labute approximate surface area is 120 Å². The lowest BCUT2D eigenvalue weighted by Crippen LogP contribution is -2.26. The third-order valence-electron chi connectivity index (χ3n) is 5.01. The molecule has 1 aliphatic heterocycles. The molecule has 1 heterocycles. The average Bonchev–Trinajstić information content (AvgIpc) is 2.89. The molecule has 1 atom stereocenters. The highest BCUT2D eigenvalue weighted by Crippen LogP contribution is 2.44. The minimum absolute atomic E-state index is 0.0999. The van der Waals surface area contributed by atoms with Crippen molar-refractivity contribution < 1.29 is 9.59 Å². The molecule has 0 spiro atoms. The van der Waals surface area contributed by atoms with E-state index in [0.717, 1.165) is 36.1 Å². The summed E-state index contributed by atoms with van der Waals surface area (Å²) in [5, 5.41) is 0. The fourth-order valence-electron chi connectivity index (χ4n) is 3.64. The normalized spacial score (nSPS) is 24.1.